The van der Waals surface area contributed by atoms with E-state index in [-0.39, 0.29) is 24.6 Å². The normalized spacial score (nSPS) is 13.8. The van der Waals surface area contributed by atoms with Gasteiger partial charge in [-0.2, -0.15) is 0 Å². The summed E-state index contributed by atoms with van der Waals surface area (Å²) >= 11 is 0. The van der Waals surface area contributed by atoms with Crippen LogP contribution in [0.3, 0.4) is 0 Å². The van der Waals surface area contributed by atoms with Crippen molar-refractivity contribution in [2.45, 2.75) is 19.4 Å². The van der Waals surface area contributed by atoms with Gasteiger partial charge in [0.25, 0.3) is 0 Å². The maximum atomic E-state index is 10.9. The Morgan fingerprint density at radius 3 is 2.46 bits per heavy atom. The summed E-state index contributed by atoms with van der Waals surface area (Å²) < 4.78 is 21.3. The number of carbonyl (C=O) groups excluding carboxylic acids is 1. The fraction of sp³-hybridized carbons (Fsp3) is 0.857. The average Bonchev–Trinajstić information content (AvgIpc) is 1.95. The Morgan fingerprint density at radius 1 is 1.54 bits per heavy atom. The van der Waals surface area contributed by atoms with Crippen LogP contribution in [0.25, 0.3) is 0 Å². The van der Waals surface area contributed by atoms with E-state index in [0.29, 0.717) is 0 Å². The third-order valence-electron chi connectivity index (χ3n) is 1.29. The summed E-state index contributed by atoms with van der Waals surface area (Å²) in [5.41, 5.74) is 0. The molecule has 0 fully saturated rings. The van der Waals surface area contributed by atoms with E-state index in [4.69, 9.17) is 5.11 Å². The summed E-state index contributed by atoms with van der Waals surface area (Å²) in [5.74, 6) is -0.509. The molecule has 1 amide bonds. The molecule has 0 radical (unpaired) electrons. The second-order valence-corrected chi connectivity index (χ2v) is 5.29. The molecule has 2 N–H and O–H groups in total. The van der Waals surface area contributed by atoms with Crippen LogP contribution < -0.4 is 5.32 Å². The number of aliphatic hydroxyl groups is 1. The van der Waals surface area contributed by atoms with Crippen molar-refractivity contribution in [1.82, 2.24) is 5.32 Å². The lowest BCUT2D eigenvalue weighted by Crippen LogP contribution is -2.31. The highest BCUT2D eigenvalue weighted by molar-refractivity contribution is 7.90. The Labute approximate surface area is 78.1 Å². The van der Waals surface area contributed by atoms with Crippen molar-refractivity contribution in [3.63, 3.8) is 0 Å². The summed E-state index contributed by atoms with van der Waals surface area (Å²) in [5, 5.41) is 11.2. The minimum atomic E-state index is -3.08. The number of amides is 1. The van der Waals surface area contributed by atoms with Gasteiger partial charge in [-0.25, -0.2) is 8.42 Å². The minimum absolute atomic E-state index is 0.0500. The van der Waals surface area contributed by atoms with Crippen molar-refractivity contribution in [1.29, 1.82) is 0 Å². The van der Waals surface area contributed by atoms with E-state index < -0.39 is 15.9 Å². The summed E-state index contributed by atoms with van der Waals surface area (Å²) in [6.45, 7) is 1.69. The van der Waals surface area contributed by atoms with Crippen molar-refractivity contribution in [2.24, 2.45) is 0 Å². The number of aliphatic hydroxyl groups excluding tert-OH is 1. The van der Waals surface area contributed by atoms with Gasteiger partial charge in [-0.05, 0) is 6.92 Å². The molecule has 0 aromatic carbocycles. The van der Waals surface area contributed by atoms with Gasteiger partial charge in [-0.1, -0.05) is 0 Å². The largest absolute Gasteiger partial charge is 0.392 e. The Hall–Kier alpha value is -0.620. The van der Waals surface area contributed by atoms with Gasteiger partial charge in [0.1, 0.15) is 9.84 Å². The maximum absolute atomic E-state index is 10.9. The molecule has 0 heterocycles. The van der Waals surface area contributed by atoms with Crippen LogP contribution in [-0.2, 0) is 14.6 Å². The second-order valence-electron chi connectivity index (χ2n) is 3.03. The van der Waals surface area contributed by atoms with Crippen molar-refractivity contribution in [2.75, 3.05) is 18.6 Å². The van der Waals surface area contributed by atoms with E-state index in [9.17, 15) is 13.2 Å². The summed E-state index contributed by atoms with van der Waals surface area (Å²) in [4.78, 5) is 10.9. The molecular formula is C7H15NO4S. The molecule has 0 aliphatic heterocycles. The van der Waals surface area contributed by atoms with Crippen molar-refractivity contribution in [3.8, 4) is 0 Å². The lowest BCUT2D eigenvalue weighted by Gasteiger charge is -2.05. The van der Waals surface area contributed by atoms with E-state index >= 15 is 0 Å². The van der Waals surface area contributed by atoms with Gasteiger partial charge in [0.2, 0.25) is 5.91 Å². The molecule has 0 rings (SSSR count). The monoisotopic (exact) mass is 209 g/mol. The number of carbonyl (C=O) groups is 1. The first-order valence-electron chi connectivity index (χ1n) is 3.94. The molecule has 0 bridgehead atoms. The molecule has 0 aromatic rings. The number of hydrogen-bond acceptors (Lipinski definition) is 4. The highest BCUT2D eigenvalue weighted by atomic mass is 32.2. The van der Waals surface area contributed by atoms with E-state index in [2.05, 4.69) is 5.32 Å². The molecule has 5 nitrogen and oxygen atoms in total. The first-order chi connectivity index (χ1) is 5.81. The van der Waals surface area contributed by atoms with Gasteiger partial charge in [-0.15, -0.1) is 0 Å². The molecule has 6 heteroatoms. The van der Waals surface area contributed by atoms with Gasteiger partial charge in [0.05, 0.1) is 11.9 Å². The highest BCUT2D eigenvalue weighted by Crippen LogP contribution is 1.88. The van der Waals surface area contributed by atoms with Gasteiger partial charge in [0.15, 0.2) is 0 Å². The van der Waals surface area contributed by atoms with Crippen LogP contribution in [-0.4, -0.2) is 44.1 Å². The average molecular weight is 209 g/mol. The van der Waals surface area contributed by atoms with Gasteiger partial charge < -0.3 is 10.4 Å². The Kier molecular flexibility index (Phi) is 4.94. The van der Waals surface area contributed by atoms with Gasteiger partial charge in [-0.3, -0.25) is 4.79 Å². The highest BCUT2D eigenvalue weighted by Gasteiger charge is 2.07. The first-order valence-corrected chi connectivity index (χ1v) is 6.00. The van der Waals surface area contributed by atoms with Crippen LogP contribution >= 0.6 is 0 Å². The minimum Gasteiger partial charge on any atom is -0.392 e. The molecular weight excluding hydrogens is 194 g/mol. The standard InChI is InChI=1S/C7H15NO4S/c1-6(9)5-8-7(10)3-4-13(2,11)12/h6,9H,3-5H2,1-2H3,(H,8,10). The number of hydrogen-bond donors (Lipinski definition) is 2. The Morgan fingerprint density at radius 2 is 2.08 bits per heavy atom. The third-order valence-corrected chi connectivity index (χ3v) is 2.24. The van der Waals surface area contributed by atoms with E-state index in [1.165, 1.54) is 6.92 Å². The number of sulfone groups is 1. The molecule has 78 valence electrons. The SMILES string of the molecule is CC(O)CNC(=O)CCS(C)(=O)=O. The smallest absolute Gasteiger partial charge is 0.221 e. The van der Waals surface area contributed by atoms with Crippen molar-refractivity contribution >= 4 is 15.7 Å². The van der Waals surface area contributed by atoms with Crippen molar-refractivity contribution in [3.05, 3.63) is 0 Å². The quantitative estimate of drug-likeness (QED) is 0.603. The van der Waals surface area contributed by atoms with Crippen LogP contribution in [0.1, 0.15) is 13.3 Å². The number of nitrogens with one attached hydrogen (secondary N) is 1. The zero-order chi connectivity index (χ0) is 10.5. The predicted molar refractivity (Wildman–Crippen MR) is 49.0 cm³/mol. The fourth-order valence-corrected chi connectivity index (χ4v) is 1.18. The van der Waals surface area contributed by atoms with Crippen LogP contribution in [0.5, 0.6) is 0 Å². The molecule has 0 saturated heterocycles. The van der Waals surface area contributed by atoms with E-state index in [0.717, 1.165) is 6.26 Å². The first kappa shape index (κ1) is 12.4. The molecule has 0 aromatic heterocycles. The van der Waals surface area contributed by atoms with Crippen LogP contribution in [0, 0.1) is 0 Å². The van der Waals surface area contributed by atoms with Crippen molar-refractivity contribution < 1.29 is 18.3 Å². The predicted octanol–water partition coefficient (Wildman–Crippen LogP) is -1.08. The lowest BCUT2D eigenvalue weighted by molar-refractivity contribution is -0.121. The maximum Gasteiger partial charge on any atom is 0.221 e. The van der Waals surface area contributed by atoms with Gasteiger partial charge in [0, 0.05) is 19.2 Å². The zero-order valence-corrected chi connectivity index (χ0v) is 8.60. The summed E-state index contributed by atoms with van der Waals surface area (Å²) in [6, 6.07) is 0. The molecule has 0 saturated carbocycles. The Balaban J connectivity index is 3.65. The fourth-order valence-electron chi connectivity index (χ4n) is 0.628. The van der Waals surface area contributed by atoms with E-state index in [1.807, 2.05) is 0 Å². The molecule has 0 spiro atoms. The zero-order valence-electron chi connectivity index (χ0n) is 7.78. The topological polar surface area (TPSA) is 83.5 Å². The van der Waals surface area contributed by atoms with E-state index in [1.54, 1.807) is 0 Å². The molecule has 1 unspecified atom stereocenters. The van der Waals surface area contributed by atoms with Crippen LogP contribution in [0.4, 0.5) is 0 Å². The summed E-state index contributed by atoms with van der Waals surface area (Å²) in [7, 11) is -3.08. The molecule has 0 aliphatic carbocycles. The molecule has 0 aliphatic rings. The van der Waals surface area contributed by atoms with Gasteiger partial charge >= 0.3 is 0 Å². The number of rotatable bonds is 5. The van der Waals surface area contributed by atoms with Crippen LogP contribution in [0.15, 0.2) is 0 Å². The lowest BCUT2D eigenvalue weighted by atomic mass is 10.4. The second kappa shape index (κ2) is 5.18. The molecule has 1 atom stereocenters. The third kappa shape index (κ3) is 9.29. The molecule has 13 heavy (non-hydrogen) atoms. The summed E-state index contributed by atoms with van der Waals surface area (Å²) in [6.07, 6.45) is 0.419. The Bertz CT molecular complexity index is 258. The van der Waals surface area contributed by atoms with Crippen LogP contribution in [0.2, 0.25) is 0 Å².